The average molecular weight is 321 g/mol. The summed E-state index contributed by atoms with van der Waals surface area (Å²) in [6.07, 6.45) is 1.99. The lowest BCUT2D eigenvalue weighted by Crippen LogP contribution is -1.82. The molecule has 0 bridgehead atoms. The molecule has 0 fully saturated rings. The second-order valence-corrected chi connectivity index (χ2v) is 6.06. The van der Waals surface area contributed by atoms with Crippen LogP contribution in [0, 0.1) is 0 Å². The molecule has 0 unspecified atom stereocenters. The molecule has 3 nitrogen and oxygen atoms in total. The number of benzene rings is 1. The van der Waals surface area contributed by atoms with Gasteiger partial charge in [0.1, 0.15) is 0 Å². The van der Waals surface area contributed by atoms with E-state index < -0.39 is 0 Å². The van der Waals surface area contributed by atoms with Gasteiger partial charge in [0.2, 0.25) is 5.89 Å². The highest BCUT2D eigenvalue weighted by atomic mass is 35.5. The first-order valence-electron chi connectivity index (χ1n) is 5.07. The van der Waals surface area contributed by atoms with Crippen LogP contribution in [-0.2, 0) is 11.5 Å². The van der Waals surface area contributed by atoms with Crippen molar-refractivity contribution in [3.63, 3.8) is 0 Å². The van der Waals surface area contributed by atoms with Crippen molar-refractivity contribution in [2.75, 3.05) is 6.26 Å². The highest BCUT2D eigenvalue weighted by Crippen LogP contribution is 2.28. The summed E-state index contributed by atoms with van der Waals surface area (Å²) in [6, 6.07) is 5.44. The van der Waals surface area contributed by atoms with Gasteiger partial charge in [-0.25, -0.2) is 0 Å². The molecular formula is C11H10Cl2N2OS2. The van der Waals surface area contributed by atoms with Crippen LogP contribution in [0.1, 0.15) is 11.5 Å². The highest BCUT2D eigenvalue weighted by Gasteiger charge is 2.08. The number of halogens is 2. The van der Waals surface area contributed by atoms with Crippen LogP contribution < -0.4 is 0 Å². The largest absolute Gasteiger partial charge is 0.415 e. The molecule has 0 radical (unpaired) electrons. The topological polar surface area (TPSA) is 38.9 Å². The molecular weight excluding hydrogens is 311 g/mol. The second kappa shape index (κ2) is 6.70. The van der Waals surface area contributed by atoms with Crippen molar-refractivity contribution < 1.29 is 4.42 Å². The van der Waals surface area contributed by atoms with Gasteiger partial charge in [0.25, 0.3) is 5.22 Å². The van der Waals surface area contributed by atoms with Gasteiger partial charge in [-0.1, -0.05) is 41.0 Å². The summed E-state index contributed by atoms with van der Waals surface area (Å²) >= 11 is 15.0. The molecule has 96 valence electrons. The van der Waals surface area contributed by atoms with Crippen LogP contribution in [0.15, 0.2) is 27.8 Å². The van der Waals surface area contributed by atoms with E-state index in [2.05, 4.69) is 10.2 Å². The van der Waals surface area contributed by atoms with Crippen LogP contribution in [0.2, 0.25) is 10.0 Å². The van der Waals surface area contributed by atoms with E-state index in [0.717, 1.165) is 11.3 Å². The van der Waals surface area contributed by atoms with Crippen LogP contribution in [0.5, 0.6) is 0 Å². The van der Waals surface area contributed by atoms with E-state index in [1.165, 1.54) is 11.8 Å². The second-order valence-electron chi connectivity index (χ2n) is 3.42. The van der Waals surface area contributed by atoms with Gasteiger partial charge in [-0.05, 0) is 24.0 Å². The number of hydrogen-bond acceptors (Lipinski definition) is 5. The van der Waals surface area contributed by atoms with E-state index in [-0.39, 0.29) is 0 Å². The van der Waals surface area contributed by atoms with Crippen molar-refractivity contribution >= 4 is 46.7 Å². The van der Waals surface area contributed by atoms with Crippen LogP contribution in [-0.4, -0.2) is 16.5 Å². The molecule has 0 aliphatic rings. The zero-order valence-electron chi connectivity index (χ0n) is 9.52. The number of hydrogen-bond donors (Lipinski definition) is 0. The third-order valence-corrected chi connectivity index (χ3v) is 4.07. The first-order valence-corrected chi connectivity index (χ1v) is 8.20. The Hall–Kier alpha value is -0.360. The number of nitrogens with zero attached hydrogens (tertiary/aromatic N) is 2. The lowest BCUT2D eigenvalue weighted by atomic mass is 10.2. The Balaban J connectivity index is 1.97. The SMILES string of the molecule is CSCc1nnc(SCc2ccc(Cl)cc2Cl)o1. The monoisotopic (exact) mass is 320 g/mol. The Labute approximate surface area is 124 Å². The van der Waals surface area contributed by atoms with Crippen LogP contribution >= 0.6 is 46.7 Å². The third-order valence-electron chi connectivity index (χ3n) is 2.08. The van der Waals surface area contributed by atoms with Gasteiger partial charge >= 0.3 is 0 Å². The fourth-order valence-electron chi connectivity index (χ4n) is 1.26. The van der Waals surface area contributed by atoms with Crippen molar-refractivity contribution in [2.45, 2.75) is 16.7 Å². The Kier molecular flexibility index (Phi) is 5.24. The van der Waals surface area contributed by atoms with Crippen LogP contribution in [0.25, 0.3) is 0 Å². The van der Waals surface area contributed by atoms with Crippen molar-refractivity contribution in [3.05, 3.63) is 39.7 Å². The maximum absolute atomic E-state index is 6.08. The third kappa shape index (κ3) is 3.82. The molecule has 0 saturated carbocycles. The maximum atomic E-state index is 6.08. The predicted molar refractivity (Wildman–Crippen MR) is 77.5 cm³/mol. The lowest BCUT2D eigenvalue weighted by Gasteiger charge is -2.01. The Morgan fingerprint density at radius 1 is 1.22 bits per heavy atom. The summed E-state index contributed by atoms with van der Waals surface area (Å²) in [7, 11) is 0. The van der Waals surface area contributed by atoms with Crippen LogP contribution in [0.4, 0.5) is 0 Å². The smallest absolute Gasteiger partial charge is 0.276 e. The van der Waals surface area contributed by atoms with Crippen molar-refractivity contribution in [2.24, 2.45) is 0 Å². The molecule has 0 saturated heterocycles. The molecule has 1 aromatic carbocycles. The molecule has 0 atom stereocenters. The van der Waals surface area contributed by atoms with E-state index in [9.17, 15) is 0 Å². The Bertz CT molecular complexity index is 534. The molecule has 1 aromatic heterocycles. The molecule has 1 heterocycles. The number of thioether (sulfide) groups is 2. The van der Waals surface area contributed by atoms with Gasteiger partial charge in [-0.15, -0.1) is 10.2 Å². The van der Waals surface area contributed by atoms with E-state index >= 15 is 0 Å². The van der Waals surface area contributed by atoms with Gasteiger partial charge < -0.3 is 4.42 Å². The first-order chi connectivity index (χ1) is 8.69. The summed E-state index contributed by atoms with van der Waals surface area (Å²) < 4.78 is 5.46. The van der Waals surface area contributed by atoms with Gasteiger partial charge in [-0.2, -0.15) is 11.8 Å². The minimum Gasteiger partial charge on any atom is -0.415 e. The van der Waals surface area contributed by atoms with E-state index in [0.29, 0.717) is 26.9 Å². The van der Waals surface area contributed by atoms with E-state index in [1.54, 1.807) is 17.8 Å². The summed E-state index contributed by atoms with van der Waals surface area (Å²) in [5.74, 6) is 2.05. The quantitative estimate of drug-likeness (QED) is 0.757. The standard InChI is InChI=1S/C11H10Cl2N2OS2/c1-17-6-10-14-15-11(16-10)18-5-7-2-3-8(12)4-9(7)13/h2-4H,5-6H2,1H3. The molecule has 0 N–H and O–H groups in total. The zero-order valence-corrected chi connectivity index (χ0v) is 12.7. The summed E-state index contributed by atoms with van der Waals surface area (Å²) in [5, 5.41) is 9.75. The molecule has 0 amide bonds. The van der Waals surface area contributed by atoms with Crippen molar-refractivity contribution in [1.29, 1.82) is 0 Å². The number of rotatable bonds is 5. The fraction of sp³-hybridized carbons (Fsp3) is 0.273. The predicted octanol–water partition coefficient (Wildman–Crippen LogP) is 4.53. The number of aromatic nitrogens is 2. The van der Waals surface area contributed by atoms with Crippen LogP contribution in [0.3, 0.4) is 0 Å². The normalized spacial score (nSPS) is 10.8. The molecule has 18 heavy (non-hydrogen) atoms. The van der Waals surface area contributed by atoms with Gasteiger partial charge in [0.05, 0.1) is 5.75 Å². The van der Waals surface area contributed by atoms with Gasteiger partial charge in [0, 0.05) is 15.8 Å². The molecule has 2 rings (SSSR count). The molecule has 7 heteroatoms. The van der Waals surface area contributed by atoms with E-state index in [4.69, 9.17) is 27.6 Å². The van der Waals surface area contributed by atoms with E-state index in [1.807, 2.05) is 18.4 Å². The van der Waals surface area contributed by atoms with Gasteiger partial charge in [-0.3, -0.25) is 0 Å². The minimum atomic E-state index is 0.560. The fourth-order valence-corrected chi connectivity index (χ4v) is 2.96. The maximum Gasteiger partial charge on any atom is 0.276 e. The molecule has 0 aliphatic carbocycles. The zero-order chi connectivity index (χ0) is 13.0. The highest BCUT2D eigenvalue weighted by molar-refractivity contribution is 7.98. The average Bonchev–Trinajstić information content (AvgIpc) is 2.76. The summed E-state index contributed by atoms with van der Waals surface area (Å²) in [4.78, 5) is 0. The molecule has 0 aliphatic heterocycles. The molecule has 2 aromatic rings. The summed E-state index contributed by atoms with van der Waals surface area (Å²) in [6.45, 7) is 0. The van der Waals surface area contributed by atoms with Gasteiger partial charge in [0.15, 0.2) is 0 Å². The van der Waals surface area contributed by atoms with Crippen molar-refractivity contribution in [3.8, 4) is 0 Å². The molecule has 0 spiro atoms. The van der Waals surface area contributed by atoms with Crippen molar-refractivity contribution in [1.82, 2.24) is 10.2 Å². The first kappa shape index (κ1) is 14.1. The minimum absolute atomic E-state index is 0.560. The Morgan fingerprint density at radius 2 is 2.06 bits per heavy atom. The Morgan fingerprint density at radius 3 is 2.78 bits per heavy atom. The lowest BCUT2D eigenvalue weighted by molar-refractivity contribution is 0.426. The summed E-state index contributed by atoms with van der Waals surface area (Å²) in [5.41, 5.74) is 0.996.